The minimum absolute atomic E-state index is 0.819. The molecule has 1 heterocycles. The van der Waals surface area contributed by atoms with Crippen LogP contribution < -0.4 is 10.6 Å². The first kappa shape index (κ1) is 14.5. The van der Waals surface area contributed by atoms with Crippen molar-refractivity contribution in [2.24, 2.45) is 0 Å². The zero-order valence-corrected chi connectivity index (χ0v) is 13.1. The predicted octanol–water partition coefficient (Wildman–Crippen LogP) is 3.08. The van der Waals surface area contributed by atoms with Crippen molar-refractivity contribution in [2.45, 2.75) is 45.7 Å². The number of pyridine rings is 1. The molecular weight excluding hydrogens is 258 g/mol. The van der Waals surface area contributed by atoms with E-state index in [1.54, 1.807) is 0 Å². The van der Waals surface area contributed by atoms with Crippen LogP contribution in [0.15, 0.2) is 24.3 Å². The molecule has 21 heavy (non-hydrogen) atoms. The van der Waals surface area contributed by atoms with Crippen molar-refractivity contribution in [1.29, 1.82) is 0 Å². The van der Waals surface area contributed by atoms with Gasteiger partial charge in [-0.3, -0.25) is 4.98 Å². The van der Waals surface area contributed by atoms with Crippen LogP contribution in [0.2, 0.25) is 0 Å². The zero-order chi connectivity index (χ0) is 14.7. The lowest BCUT2D eigenvalue weighted by Crippen LogP contribution is -2.23. The van der Waals surface area contributed by atoms with Crippen LogP contribution >= 0.6 is 0 Å². The van der Waals surface area contributed by atoms with Gasteiger partial charge < -0.3 is 10.6 Å². The Bertz CT molecular complexity index is 617. The molecular formula is C18H25N3. The molecule has 0 unspecified atom stereocenters. The van der Waals surface area contributed by atoms with Gasteiger partial charge >= 0.3 is 0 Å². The fourth-order valence-electron chi connectivity index (χ4n) is 2.76. The molecule has 1 aliphatic rings. The second-order valence-corrected chi connectivity index (χ2v) is 6.08. The third kappa shape index (κ3) is 3.60. The number of benzene rings is 1. The highest BCUT2D eigenvalue weighted by Crippen LogP contribution is 2.22. The Balaban J connectivity index is 1.60. The minimum atomic E-state index is 0.819. The average molecular weight is 283 g/mol. The molecule has 3 rings (SSSR count). The van der Waals surface area contributed by atoms with E-state index in [0.29, 0.717) is 0 Å². The molecule has 1 aromatic heterocycles. The molecule has 0 saturated heterocycles. The topological polar surface area (TPSA) is 37.0 Å². The van der Waals surface area contributed by atoms with Gasteiger partial charge in [-0.25, -0.2) is 0 Å². The van der Waals surface area contributed by atoms with Gasteiger partial charge in [-0.1, -0.05) is 18.2 Å². The quantitative estimate of drug-likeness (QED) is 0.767. The number of nitrogens with one attached hydrogen (secondary N) is 2. The van der Waals surface area contributed by atoms with Gasteiger partial charge in [-0.2, -0.15) is 0 Å². The maximum Gasteiger partial charge on any atom is 0.0708 e. The molecule has 3 heteroatoms. The van der Waals surface area contributed by atoms with Crippen molar-refractivity contribution in [3.63, 3.8) is 0 Å². The van der Waals surface area contributed by atoms with Crippen LogP contribution in [0, 0.1) is 13.8 Å². The second-order valence-electron chi connectivity index (χ2n) is 6.08. The van der Waals surface area contributed by atoms with E-state index in [-0.39, 0.29) is 0 Å². The number of para-hydroxylation sites is 1. The molecule has 1 saturated carbocycles. The van der Waals surface area contributed by atoms with Crippen LogP contribution in [-0.4, -0.2) is 24.1 Å². The van der Waals surface area contributed by atoms with E-state index in [1.807, 2.05) is 0 Å². The summed E-state index contributed by atoms with van der Waals surface area (Å²) < 4.78 is 0. The minimum Gasteiger partial charge on any atom is -0.314 e. The standard InChI is InChI=1S/C18H25N3/c1-13-14(2)21-18-7-4-3-6-16(18)17(13)12-19-10-5-11-20-15-8-9-15/h3-4,6-7,15,19-20H,5,8-12H2,1-2H3. The molecule has 2 aromatic rings. The smallest absolute Gasteiger partial charge is 0.0708 e. The molecule has 3 nitrogen and oxygen atoms in total. The Labute approximate surface area is 127 Å². The van der Waals surface area contributed by atoms with Crippen LogP contribution in [0.5, 0.6) is 0 Å². The monoisotopic (exact) mass is 283 g/mol. The number of fused-ring (bicyclic) bond motifs is 1. The van der Waals surface area contributed by atoms with Crippen LogP contribution in [0.4, 0.5) is 0 Å². The lowest BCUT2D eigenvalue weighted by molar-refractivity contribution is 0.593. The Kier molecular flexibility index (Phi) is 4.51. The molecule has 1 aliphatic carbocycles. The number of hydrogen-bond acceptors (Lipinski definition) is 3. The van der Waals surface area contributed by atoms with Crippen molar-refractivity contribution in [3.05, 3.63) is 41.1 Å². The molecule has 0 bridgehead atoms. The molecule has 0 atom stereocenters. The molecule has 0 aliphatic heterocycles. The van der Waals surface area contributed by atoms with Gasteiger partial charge in [0, 0.05) is 23.7 Å². The summed E-state index contributed by atoms with van der Waals surface area (Å²) in [5.41, 5.74) is 4.96. The Morgan fingerprint density at radius 3 is 2.76 bits per heavy atom. The van der Waals surface area contributed by atoms with E-state index < -0.39 is 0 Å². The molecule has 112 valence electrons. The fraction of sp³-hybridized carbons (Fsp3) is 0.500. The lowest BCUT2D eigenvalue weighted by Gasteiger charge is -2.13. The SMILES string of the molecule is Cc1nc2ccccc2c(CNCCCNC2CC2)c1C. The molecule has 0 spiro atoms. The van der Waals surface area contributed by atoms with E-state index in [9.17, 15) is 0 Å². The molecule has 0 amide bonds. The van der Waals surface area contributed by atoms with Gasteiger partial charge in [0.15, 0.2) is 0 Å². The number of hydrogen-bond donors (Lipinski definition) is 2. The first-order chi connectivity index (χ1) is 10.3. The molecule has 1 fully saturated rings. The van der Waals surface area contributed by atoms with Crippen LogP contribution in [0.1, 0.15) is 36.1 Å². The van der Waals surface area contributed by atoms with Gasteiger partial charge in [-0.05, 0) is 63.4 Å². The van der Waals surface area contributed by atoms with Crippen molar-refractivity contribution >= 4 is 10.9 Å². The van der Waals surface area contributed by atoms with Crippen molar-refractivity contribution in [2.75, 3.05) is 13.1 Å². The predicted molar refractivity (Wildman–Crippen MR) is 88.6 cm³/mol. The van der Waals surface area contributed by atoms with E-state index in [4.69, 9.17) is 0 Å². The van der Waals surface area contributed by atoms with Crippen molar-refractivity contribution < 1.29 is 0 Å². The van der Waals surface area contributed by atoms with Gasteiger partial charge in [0.1, 0.15) is 0 Å². The first-order valence-corrected chi connectivity index (χ1v) is 8.04. The summed E-state index contributed by atoms with van der Waals surface area (Å²) in [6.45, 7) is 7.41. The van der Waals surface area contributed by atoms with Gasteiger partial charge in [-0.15, -0.1) is 0 Å². The normalized spacial score (nSPS) is 14.8. The first-order valence-electron chi connectivity index (χ1n) is 8.04. The van der Waals surface area contributed by atoms with Gasteiger partial charge in [0.2, 0.25) is 0 Å². The molecule has 0 radical (unpaired) electrons. The van der Waals surface area contributed by atoms with Gasteiger partial charge in [0.25, 0.3) is 0 Å². The summed E-state index contributed by atoms with van der Waals surface area (Å²) in [5.74, 6) is 0. The number of nitrogens with zero attached hydrogens (tertiary/aromatic N) is 1. The summed E-state index contributed by atoms with van der Waals surface area (Å²) >= 11 is 0. The summed E-state index contributed by atoms with van der Waals surface area (Å²) in [7, 11) is 0. The number of aromatic nitrogens is 1. The lowest BCUT2D eigenvalue weighted by atomic mass is 10.0. The molecule has 1 aromatic carbocycles. The summed E-state index contributed by atoms with van der Waals surface area (Å²) in [6.07, 6.45) is 3.93. The number of rotatable bonds is 7. The van der Waals surface area contributed by atoms with Crippen LogP contribution in [0.25, 0.3) is 10.9 Å². The third-order valence-electron chi connectivity index (χ3n) is 4.36. The third-order valence-corrected chi connectivity index (χ3v) is 4.36. The van der Waals surface area contributed by atoms with Crippen LogP contribution in [-0.2, 0) is 6.54 Å². The summed E-state index contributed by atoms with van der Waals surface area (Å²) in [6, 6.07) is 9.26. The summed E-state index contributed by atoms with van der Waals surface area (Å²) in [5, 5.41) is 8.43. The second kappa shape index (κ2) is 6.54. The Morgan fingerprint density at radius 2 is 1.95 bits per heavy atom. The van der Waals surface area contributed by atoms with Crippen molar-refractivity contribution in [1.82, 2.24) is 15.6 Å². The summed E-state index contributed by atoms with van der Waals surface area (Å²) in [4.78, 5) is 4.68. The van der Waals surface area contributed by atoms with Gasteiger partial charge in [0.05, 0.1) is 5.52 Å². The largest absolute Gasteiger partial charge is 0.314 e. The average Bonchev–Trinajstić information content (AvgIpc) is 3.30. The van der Waals surface area contributed by atoms with E-state index in [2.05, 4.69) is 53.7 Å². The maximum atomic E-state index is 4.68. The fourth-order valence-corrected chi connectivity index (χ4v) is 2.76. The molecule has 2 N–H and O–H groups in total. The maximum absolute atomic E-state index is 4.68. The van der Waals surface area contributed by atoms with E-state index in [0.717, 1.165) is 36.9 Å². The van der Waals surface area contributed by atoms with Crippen LogP contribution in [0.3, 0.4) is 0 Å². The highest BCUT2D eigenvalue weighted by atomic mass is 14.9. The highest BCUT2D eigenvalue weighted by Gasteiger charge is 2.19. The Hall–Kier alpha value is -1.45. The zero-order valence-electron chi connectivity index (χ0n) is 13.1. The van der Waals surface area contributed by atoms with E-state index >= 15 is 0 Å². The van der Waals surface area contributed by atoms with Crippen molar-refractivity contribution in [3.8, 4) is 0 Å². The Morgan fingerprint density at radius 1 is 1.14 bits per heavy atom. The van der Waals surface area contributed by atoms with E-state index in [1.165, 1.54) is 35.8 Å². The number of aryl methyl sites for hydroxylation is 1. The highest BCUT2D eigenvalue weighted by molar-refractivity contribution is 5.83.